The number of anilines is 2. The van der Waals surface area contributed by atoms with Crippen LogP contribution in [-0.4, -0.2) is 48.1 Å². The molecule has 2 aromatic carbocycles. The Labute approximate surface area is 159 Å². The van der Waals surface area contributed by atoms with E-state index in [1.165, 1.54) is 11.3 Å². The zero-order chi connectivity index (χ0) is 18.4. The van der Waals surface area contributed by atoms with Crippen molar-refractivity contribution >= 4 is 44.7 Å². The molecule has 8 heteroatoms. The van der Waals surface area contributed by atoms with Gasteiger partial charge in [-0.25, -0.2) is 4.98 Å². The number of imide groups is 1. The molecule has 3 aromatic rings. The van der Waals surface area contributed by atoms with Gasteiger partial charge >= 0.3 is 0 Å². The second kappa shape index (κ2) is 6.33. The van der Waals surface area contributed by atoms with Crippen LogP contribution in [0, 0.1) is 0 Å². The number of ether oxygens (including phenoxy) is 1. The van der Waals surface area contributed by atoms with Crippen molar-refractivity contribution < 1.29 is 14.3 Å². The number of benzene rings is 2. The number of carbonyl (C=O) groups is 2. The van der Waals surface area contributed by atoms with Crippen LogP contribution in [0.5, 0.6) is 0 Å². The Morgan fingerprint density at radius 3 is 2.56 bits per heavy atom. The first-order valence-corrected chi connectivity index (χ1v) is 9.55. The molecule has 1 N–H and O–H groups in total. The van der Waals surface area contributed by atoms with Gasteiger partial charge in [-0.15, -0.1) is 11.3 Å². The molecular weight excluding hydrogens is 364 g/mol. The molecule has 7 nitrogen and oxygen atoms in total. The maximum absolute atomic E-state index is 13.0. The molecular formula is C19H16N4O3S. The first-order chi connectivity index (χ1) is 13.2. The largest absolute Gasteiger partial charge is 0.378 e. The van der Waals surface area contributed by atoms with Gasteiger partial charge in [0.1, 0.15) is 0 Å². The van der Waals surface area contributed by atoms with Crippen LogP contribution in [0.15, 0.2) is 41.9 Å². The predicted octanol–water partition coefficient (Wildman–Crippen LogP) is 2.76. The SMILES string of the molecule is O=C1c2cccc3c(N4CCOCC4)ccc(c23)C(=O)N1Nc1nccs1. The van der Waals surface area contributed by atoms with Crippen LogP contribution in [0.3, 0.4) is 0 Å². The number of rotatable bonds is 3. The van der Waals surface area contributed by atoms with Crippen LogP contribution in [0.2, 0.25) is 0 Å². The minimum atomic E-state index is -0.368. The van der Waals surface area contributed by atoms with Crippen molar-refractivity contribution in [3.05, 3.63) is 53.0 Å². The highest BCUT2D eigenvalue weighted by molar-refractivity contribution is 7.13. The fourth-order valence-corrected chi connectivity index (χ4v) is 4.15. The normalized spacial score (nSPS) is 16.9. The molecule has 5 rings (SSSR count). The number of carbonyl (C=O) groups excluding carboxylic acids is 2. The van der Waals surface area contributed by atoms with Gasteiger partial charge in [0.05, 0.1) is 24.3 Å². The molecule has 27 heavy (non-hydrogen) atoms. The lowest BCUT2D eigenvalue weighted by Gasteiger charge is -2.32. The molecule has 0 atom stereocenters. The Bertz CT molecular complexity index is 1020. The van der Waals surface area contributed by atoms with E-state index in [9.17, 15) is 9.59 Å². The van der Waals surface area contributed by atoms with E-state index in [4.69, 9.17) is 4.74 Å². The Balaban J connectivity index is 1.63. The summed E-state index contributed by atoms with van der Waals surface area (Å²) in [6.45, 7) is 2.93. The predicted molar refractivity (Wildman–Crippen MR) is 103 cm³/mol. The van der Waals surface area contributed by atoms with Gasteiger partial charge in [-0.05, 0) is 18.2 Å². The van der Waals surface area contributed by atoms with E-state index in [0.29, 0.717) is 34.9 Å². The number of aromatic nitrogens is 1. The molecule has 0 radical (unpaired) electrons. The van der Waals surface area contributed by atoms with Crippen LogP contribution in [0.1, 0.15) is 20.7 Å². The van der Waals surface area contributed by atoms with Gasteiger partial charge in [-0.2, -0.15) is 5.01 Å². The zero-order valence-corrected chi connectivity index (χ0v) is 15.2. The minimum absolute atomic E-state index is 0.368. The molecule has 2 amide bonds. The van der Waals surface area contributed by atoms with Crippen molar-refractivity contribution in [1.82, 2.24) is 9.99 Å². The first-order valence-electron chi connectivity index (χ1n) is 8.67. The van der Waals surface area contributed by atoms with Gasteiger partial charge in [0, 0.05) is 41.1 Å². The summed E-state index contributed by atoms with van der Waals surface area (Å²) in [5.74, 6) is -0.736. The van der Waals surface area contributed by atoms with Crippen molar-refractivity contribution in [1.29, 1.82) is 0 Å². The molecule has 1 saturated heterocycles. The molecule has 2 aliphatic rings. The number of hydrogen-bond donors (Lipinski definition) is 1. The summed E-state index contributed by atoms with van der Waals surface area (Å²) in [4.78, 5) is 32.4. The summed E-state index contributed by atoms with van der Waals surface area (Å²) in [7, 11) is 0. The molecule has 0 spiro atoms. The molecule has 0 unspecified atom stereocenters. The molecule has 136 valence electrons. The Kier molecular flexibility index (Phi) is 3.80. The number of nitrogens with zero attached hydrogens (tertiary/aromatic N) is 3. The number of nitrogens with one attached hydrogen (secondary N) is 1. The minimum Gasteiger partial charge on any atom is -0.378 e. The molecule has 0 saturated carbocycles. The van der Waals surface area contributed by atoms with Gasteiger partial charge in [-0.1, -0.05) is 12.1 Å². The summed E-state index contributed by atoms with van der Waals surface area (Å²) in [5, 5.41) is 4.96. The standard InChI is InChI=1S/C19H16N4O3S/c24-17-13-3-1-2-12-15(22-7-9-26-10-8-22)5-4-14(16(12)13)18(25)23(17)21-19-20-6-11-27-19/h1-6,11H,7-10H2,(H,20,21). The molecule has 0 aliphatic carbocycles. The van der Waals surface area contributed by atoms with Crippen LogP contribution in [0.25, 0.3) is 10.8 Å². The van der Waals surface area contributed by atoms with Crippen molar-refractivity contribution in [2.24, 2.45) is 0 Å². The molecule has 1 fully saturated rings. The summed E-state index contributed by atoms with van der Waals surface area (Å²) in [6.07, 6.45) is 1.62. The third-order valence-electron chi connectivity index (χ3n) is 4.88. The number of morpholine rings is 1. The number of hydrogen-bond acceptors (Lipinski definition) is 7. The third kappa shape index (κ3) is 2.56. The topological polar surface area (TPSA) is 74.8 Å². The van der Waals surface area contributed by atoms with Crippen molar-refractivity contribution in [3.8, 4) is 0 Å². The maximum Gasteiger partial charge on any atom is 0.280 e. The fourth-order valence-electron chi connectivity index (χ4n) is 3.64. The Morgan fingerprint density at radius 2 is 1.81 bits per heavy atom. The number of amides is 2. The maximum atomic E-state index is 13.0. The number of thiazole rings is 1. The van der Waals surface area contributed by atoms with Crippen molar-refractivity contribution in [2.45, 2.75) is 0 Å². The lowest BCUT2D eigenvalue weighted by Crippen LogP contribution is -2.44. The second-order valence-corrected chi connectivity index (χ2v) is 7.25. The molecule has 2 aliphatic heterocycles. The van der Waals surface area contributed by atoms with Crippen LogP contribution >= 0.6 is 11.3 Å². The summed E-state index contributed by atoms with van der Waals surface area (Å²) >= 11 is 1.33. The van der Waals surface area contributed by atoms with E-state index in [2.05, 4.69) is 15.3 Å². The van der Waals surface area contributed by atoms with Crippen molar-refractivity contribution in [3.63, 3.8) is 0 Å². The van der Waals surface area contributed by atoms with E-state index < -0.39 is 0 Å². The molecule has 0 bridgehead atoms. The zero-order valence-electron chi connectivity index (χ0n) is 14.3. The van der Waals surface area contributed by atoms with Gasteiger partial charge in [-0.3, -0.25) is 15.0 Å². The van der Waals surface area contributed by atoms with Gasteiger partial charge in [0.25, 0.3) is 11.8 Å². The van der Waals surface area contributed by atoms with Crippen LogP contribution in [0.4, 0.5) is 10.8 Å². The average molecular weight is 380 g/mol. The van der Waals surface area contributed by atoms with E-state index in [-0.39, 0.29) is 11.8 Å². The Morgan fingerprint density at radius 1 is 1.04 bits per heavy atom. The van der Waals surface area contributed by atoms with Crippen LogP contribution in [-0.2, 0) is 4.74 Å². The quantitative estimate of drug-likeness (QED) is 0.705. The average Bonchev–Trinajstić information content (AvgIpc) is 3.23. The lowest BCUT2D eigenvalue weighted by molar-refractivity contribution is 0.0649. The van der Waals surface area contributed by atoms with E-state index in [1.54, 1.807) is 17.6 Å². The highest BCUT2D eigenvalue weighted by Gasteiger charge is 2.34. The van der Waals surface area contributed by atoms with Crippen molar-refractivity contribution in [2.75, 3.05) is 36.6 Å². The summed E-state index contributed by atoms with van der Waals surface area (Å²) < 4.78 is 5.44. The summed E-state index contributed by atoms with van der Waals surface area (Å²) in [5.41, 5.74) is 4.90. The molecule has 1 aromatic heterocycles. The highest BCUT2D eigenvalue weighted by Crippen LogP contribution is 2.36. The van der Waals surface area contributed by atoms with E-state index >= 15 is 0 Å². The lowest BCUT2D eigenvalue weighted by atomic mass is 9.93. The van der Waals surface area contributed by atoms with Gasteiger partial charge in [0.15, 0.2) is 0 Å². The monoisotopic (exact) mass is 380 g/mol. The smallest absolute Gasteiger partial charge is 0.280 e. The number of hydrazine groups is 1. The van der Waals surface area contributed by atoms with E-state index in [0.717, 1.165) is 29.2 Å². The van der Waals surface area contributed by atoms with E-state index in [1.807, 2.05) is 24.3 Å². The van der Waals surface area contributed by atoms with Gasteiger partial charge in [0.2, 0.25) is 5.13 Å². The second-order valence-electron chi connectivity index (χ2n) is 6.35. The first kappa shape index (κ1) is 16.2. The summed E-state index contributed by atoms with van der Waals surface area (Å²) in [6, 6.07) is 9.36. The Hall–Kier alpha value is -2.97. The third-order valence-corrected chi connectivity index (χ3v) is 5.55. The van der Waals surface area contributed by atoms with Gasteiger partial charge < -0.3 is 9.64 Å². The molecule has 3 heterocycles. The van der Waals surface area contributed by atoms with Crippen LogP contribution < -0.4 is 10.3 Å². The highest BCUT2D eigenvalue weighted by atomic mass is 32.1. The fraction of sp³-hybridized carbons (Fsp3) is 0.211.